The lowest BCUT2D eigenvalue weighted by atomic mass is 10.0. The Balaban J connectivity index is 2.31. The molecule has 0 radical (unpaired) electrons. The highest BCUT2D eigenvalue weighted by Gasteiger charge is 2.12. The maximum absolute atomic E-state index is 12.4. The fourth-order valence-electron chi connectivity index (χ4n) is 1.87. The van der Waals surface area contributed by atoms with E-state index in [9.17, 15) is 4.79 Å². The molecule has 0 aliphatic rings. The van der Waals surface area contributed by atoms with Crippen LogP contribution in [0.25, 0.3) is 0 Å². The van der Waals surface area contributed by atoms with Crippen molar-refractivity contribution in [1.82, 2.24) is 0 Å². The van der Waals surface area contributed by atoms with E-state index in [0.717, 1.165) is 4.47 Å². The summed E-state index contributed by atoms with van der Waals surface area (Å²) in [4.78, 5) is 12.4. The second-order valence-electron chi connectivity index (χ2n) is 4.14. The molecule has 3 nitrogen and oxygen atoms in total. The summed E-state index contributed by atoms with van der Waals surface area (Å²) in [5.41, 5.74) is 1.21. The molecule has 4 heteroatoms. The van der Waals surface area contributed by atoms with E-state index in [-0.39, 0.29) is 5.78 Å². The Morgan fingerprint density at radius 2 is 1.90 bits per heavy atom. The van der Waals surface area contributed by atoms with Gasteiger partial charge in [-0.3, -0.25) is 4.79 Å². The zero-order valence-electron chi connectivity index (χ0n) is 11.4. The molecule has 0 N–H and O–H groups in total. The largest absolute Gasteiger partial charge is 0.496 e. The lowest BCUT2D eigenvalue weighted by Gasteiger charge is -2.07. The Hall–Kier alpha value is -1.81. The second kappa shape index (κ2) is 6.57. The van der Waals surface area contributed by atoms with Crippen LogP contribution in [-0.2, 0) is 0 Å². The molecule has 0 saturated heterocycles. The molecule has 0 saturated carbocycles. The van der Waals surface area contributed by atoms with Crippen LogP contribution in [0.4, 0.5) is 0 Å². The summed E-state index contributed by atoms with van der Waals surface area (Å²) in [7, 11) is 1.59. The van der Waals surface area contributed by atoms with Gasteiger partial charge in [0.05, 0.1) is 18.2 Å². The molecule has 2 rings (SSSR count). The van der Waals surface area contributed by atoms with Crippen molar-refractivity contribution >= 4 is 21.7 Å². The van der Waals surface area contributed by atoms with Crippen LogP contribution in [0.1, 0.15) is 22.8 Å². The van der Waals surface area contributed by atoms with E-state index in [1.165, 1.54) is 0 Å². The van der Waals surface area contributed by atoms with Crippen LogP contribution < -0.4 is 9.47 Å². The van der Waals surface area contributed by atoms with Gasteiger partial charge in [0.2, 0.25) is 0 Å². The van der Waals surface area contributed by atoms with Gasteiger partial charge in [0, 0.05) is 11.1 Å². The summed E-state index contributed by atoms with van der Waals surface area (Å²) in [5, 5.41) is 0. The summed E-state index contributed by atoms with van der Waals surface area (Å²) < 4.78 is 11.3. The molecule has 20 heavy (non-hydrogen) atoms. The zero-order valence-corrected chi connectivity index (χ0v) is 12.9. The van der Waals surface area contributed by atoms with Crippen LogP contribution in [0.3, 0.4) is 0 Å². The first-order valence-electron chi connectivity index (χ1n) is 6.26. The smallest absolute Gasteiger partial charge is 0.193 e. The molecular weight excluding hydrogens is 320 g/mol. The van der Waals surface area contributed by atoms with Gasteiger partial charge in [-0.05, 0) is 53.2 Å². The van der Waals surface area contributed by atoms with Gasteiger partial charge in [-0.1, -0.05) is 12.1 Å². The van der Waals surface area contributed by atoms with E-state index in [2.05, 4.69) is 15.9 Å². The zero-order chi connectivity index (χ0) is 14.5. The van der Waals surface area contributed by atoms with Gasteiger partial charge in [-0.15, -0.1) is 0 Å². The van der Waals surface area contributed by atoms with Crippen molar-refractivity contribution in [3.63, 3.8) is 0 Å². The molecule has 104 valence electrons. The minimum atomic E-state index is -0.0464. The number of benzene rings is 2. The summed E-state index contributed by atoms with van der Waals surface area (Å²) in [5.74, 6) is 1.35. The van der Waals surface area contributed by atoms with E-state index >= 15 is 0 Å². The van der Waals surface area contributed by atoms with Crippen LogP contribution in [0.2, 0.25) is 0 Å². The Labute approximate surface area is 126 Å². The van der Waals surface area contributed by atoms with Crippen molar-refractivity contribution in [2.24, 2.45) is 0 Å². The van der Waals surface area contributed by atoms with Crippen LogP contribution in [0.5, 0.6) is 11.5 Å². The van der Waals surface area contributed by atoms with Crippen molar-refractivity contribution in [1.29, 1.82) is 0 Å². The molecule has 0 unspecified atom stereocenters. The molecule has 0 spiro atoms. The van der Waals surface area contributed by atoms with Crippen molar-refractivity contribution in [3.05, 3.63) is 58.1 Å². The first kappa shape index (κ1) is 14.6. The van der Waals surface area contributed by atoms with Gasteiger partial charge in [-0.2, -0.15) is 0 Å². The molecule has 0 amide bonds. The van der Waals surface area contributed by atoms with Crippen molar-refractivity contribution in [2.45, 2.75) is 6.92 Å². The molecule has 0 heterocycles. The van der Waals surface area contributed by atoms with Crippen molar-refractivity contribution in [3.8, 4) is 11.5 Å². The van der Waals surface area contributed by atoms with E-state index < -0.39 is 0 Å². The fourth-order valence-corrected chi connectivity index (χ4v) is 2.41. The molecule has 0 aliphatic heterocycles. The molecule has 2 aromatic rings. The van der Waals surface area contributed by atoms with Gasteiger partial charge in [0.15, 0.2) is 5.78 Å². The second-order valence-corrected chi connectivity index (χ2v) is 4.99. The van der Waals surface area contributed by atoms with Crippen molar-refractivity contribution in [2.75, 3.05) is 13.7 Å². The SMILES string of the molecule is CCOc1cccc(C(=O)c2ccc(OC)c(Br)c2)c1. The van der Waals surface area contributed by atoms with Gasteiger partial charge >= 0.3 is 0 Å². The van der Waals surface area contributed by atoms with Gasteiger partial charge < -0.3 is 9.47 Å². The maximum atomic E-state index is 12.4. The monoisotopic (exact) mass is 334 g/mol. The number of ketones is 1. The summed E-state index contributed by atoms with van der Waals surface area (Å²) in [6.45, 7) is 2.49. The lowest BCUT2D eigenvalue weighted by molar-refractivity contribution is 0.103. The predicted octanol–water partition coefficient (Wildman–Crippen LogP) is 4.09. The molecule has 2 aromatic carbocycles. The topological polar surface area (TPSA) is 35.5 Å². The average molecular weight is 335 g/mol. The standard InChI is InChI=1S/C16H15BrO3/c1-3-20-13-6-4-5-11(9-13)16(18)12-7-8-15(19-2)14(17)10-12/h4-10H,3H2,1-2H3. The number of hydrogen-bond acceptors (Lipinski definition) is 3. The van der Waals surface area contributed by atoms with Crippen LogP contribution in [0.15, 0.2) is 46.9 Å². The Bertz CT molecular complexity index is 623. The van der Waals surface area contributed by atoms with E-state index in [4.69, 9.17) is 9.47 Å². The molecule has 0 aliphatic carbocycles. The number of rotatable bonds is 5. The average Bonchev–Trinajstić information content (AvgIpc) is 2.47. The third-order valence-electron chi connectivity index (χ3n) is 2.82. The van der Waals surface area contributed by atoms with Gasteiger partial charge in [0.1, 0.15) is 11.5 Å². The summed E-state index contributed by atoms with van der Waals surface area (Å²) in [6.07, 6.45) is 0. The molecule has 0 fully saturated rings. The number of ether oxygens (including phenoxy) is 2. The van der Waals surface area contributed by atoms with Gasteiger partial charge in [-0.25, -0.2) is 0 Å². The predicted molar refractivity (Wildman–Crippen MR) is 81.7 cm³/mol. The Morgan fingerprint density at radius 3 is 2.55 bits per heavy atom. The van der Waals surface area contributed by atoms with E-state index in [0.29, 0.717) is 29.2 Å². The third-order valence-corrected chi connectivity index (χ3v) is 3.44. The maximum Gasteiger partial charge on any atom is 0.193 e. The fraction of sp³-hybridized carbons (Fsp3) is 0.188. The number of carbonyl (C=O) groups is 1. The molecular formula is C16H15BrO3. The molecule has 0 atom stereocenters. The summed E-state index contributed by atoms with van der Waals surface area (Å²) in [6, 6.07) is 12.5. The highest BCUT2D eigenvalue weighted by molar-refractivity contribution is 9.10. The number of hydrogen-bond donors (Lipinski definition) is 0. The first-order chi connectivity index (χ1) is 9.65. The number of halogens is 1. The first-order valence-corrected chi connectivity index (χ1v) is 7.06. The van der Waals surface area contributed by atoms with E-state index in [1.807, 2.05) is 19.1 Å². The van der Waals surface area contributed by atoms with Crippen LogP contribution in [-0.4, -0.2) is 19.5 Å². The number of carbonyl (C=O) groups excluding carboxylic acids is 1. The van der Waals surface area contributed by atoms with E-state index in [1.54, 1.807) is 37.4 Å². The Morgan fingerprint density at radius 1 is 1.15 bits per heavy atom. The highest BCUT2D eigenvalue weighted by Crippen LogP contribution is 2.27. The normalized spacial score (nSPS) is 10.2. The molecule has 0 bridgehead atoms. The van der Waals surface area contributed by atoms with Crippen LogP contribution in [0, 0.1) is 0 Å². The minimum absolute atomic E-state index is 0.0464. The number of methoxy groups -OCH3 is 1. The Kier molecular flexibility index (Phi) is 4.79. The molecule has 0 aromatic heterocycles. The summed E-state index contributed by atoms with van der Waals surface area (Å²) >= 11 is 3.39. The lowest BCUT2D eigenvalue weighted by Crippen LogP contribution is -2.02. The van der Waals surface area contributed by atoms with Gasteiger partial charge in [0.25, 0.3) is 0 Å². The minimum Gasteiger partial charge on any atom is -0.496 e. The third kappa shape index (κ3) is 3.20. The quantitative estimate of drug-likeness (QED) is 0.772. The highest BCUT2D eigenvalue weighted by atomic mass is 79.9. The van der Waals surface area contributed by atoms with Crippen molar-refractivity contribution < 1.29 is 14.3 Å². The van der Waals surface area contributed by atoms with Crippen LogP contribution >= 0.6 is 15.9 Å².